The second-order valence-electron chi connectivity index (χ2n) is 7.29. The molecule has 1 aliphatic rings. The van der Waals surface area contributed by atoms with Gasteiger partial charge in [-0.1, -0.05) is 0 Å². The highest BCUT2D eigenvalue weighted by Crippen LogP contribution is 2.35. The number of rotatable bonds is 3. The molecule has 1 unspecified atom stereocenters. The van der Waals surface area contributed by atoms with Gasteiger partial charge in [0.25, 0.3) is 5.91 Å². The lowest BCUT2D eigenvalue weighted by atomic mass is 10.1. The number of fused-ring (bicyclic) bond motifs is 1. The summed E-state index contributed by atoms with van der Waals surface area (Å²) in [4.78, 5) is 34.0. The van der Waals surface area contributed by atoms with Crippen molar-refractivity contribution in [2.75, 3.05) is 16.9 Å². The van der Waals surface area contributed by atoms with Crippen LogP contribution in [-0.2, 0) is 4.79 Å². The van der Waals surface area contributed by atoms with Gasteiger partial charge in [0.15, 0.2) is 0 Å². The highest BCUT2D eigenvalue weighted by molar-refractivity contribution is 7.99. The van der Waals surface area contributed by atoms with Gasteiger partial charge in [0.2, 0.25) is 5.91 Å². The molecule has 0 spiro atoms. The smallest absolute Gasteiger partial charge is 0.265 e. The van der Waals surface area contributed by atoms with Crippen molar-refractivity contribution in [1.29, 1.82) is 5.26 Å². The Morgan fingerprint density at radius 2 is 1.97 bits per heavy atom. The molecule has 1 aliphatic heterocycles. The van der Waals surface area contributed by atoms with Gasteiger partial charge < -0.3 is 10.2 Å². The van der Waals surface area contributed by atoms with Crippen LogP contribution in [0.5, 0.6) is 0 Å². The number of carbonyl (C=O) groups excluding carboxylic acids is 2. The maximum absolute atomic E-state index is 13.4. The second kappa shape index (κ2) is 8.09. The molecule has 2 aromatic heterocycles. The molecular formula is C22H20N4O2S2. The van der Waals surface area contributed by atoms with Crippen LogP contribution < -0.4 is 5.32 Å². The molecule has 1 atom stereocenters. The number of amides is 2. The van der Waals surface area contributed by atoms with Gasteiger partial charge in [-0.2, -0.15) is 5.26 Å². The molecule has 3 heterocycles. The standard InChI is InChI=1S/C22H20N4O2S2/c1-12-8-13(2)24-21-18(12)14(3)19(30-21)22(28)26-11-29-10-17(26)20(27)25-16-6-4-15(9-23)5-7-16/h4-8,17H,10-11H2,1-3H3,(H,25,27). The van der Waals surface area contributed by atoms with E-state index in [-0.39, 0.29) is 11.8 Å². The van der Waals surface area contributed by atoms with Crippen molar-refractivity contribution in [1.82, 2.24) is 9.88 Å². The summed E-state index contributed by atoms with van der Waals surface area (Å²) in [6.07, 6.45) is 0. The number of thiophene rings is 1. The Morgan fingerprint density at radius 1 is 1.23 bits per heavy atom. The number of thioether (sulfide) groups is 1. The molecule has 6 nitrogen and oxygen atoms in total. The van der Waals surface area contributed by atoms with Gasteiger partial charge in [0.05, 0.1) is 22.4 Å². The topological polar surface area (TPSA) is 86.1 Å². The van der Waals surface area contributed by atoms with Gasteiger partial charge in [-0.25, -0.2) is 4.98 Å². The summed E-state index contributed by atoms with van der Waals surface area (Å²) < 4.78 is 0. The Kier molecular flexibility index (Phi) is 5.50. The van der Waals surface area contributed by atoms with E-state index in [1.807, 2.05) is 26.8 Å². The van der Waals surface area contributed by atoms with Crippen molar-refractivity contribution >= 4 is 50.8 Å². The molecule has 1 fully saturated rings. The van der Waals surface area contributed by atoms with Crippen LogP contribution in [0, 0.1) is 32.1 Å². The van der Waals surface area contributed by atoms with Gasteiger partial charge in [-0.05, 0) is 62.2 Å². The monoisotopic (exact) mass is 436 g/mol. The Bertz CT molecular complexity index is 1190. The predicted octanol–water partition coefficient (Wildman–Crippen LogP) is 4.25. The number of benzene rings is 1. The number of anilines is 1. The maximum Gasteiger partial charge on any atom is 0.265 e. The summed E-state index contributed by atoms with van der Waals surface area (Å²) in [5.74, 6) is 0.678. The molecule has 30 heavy (non-hydrogen) atoms. The van der Waals surface area contributed by atoms with Crippen molar-refractivity contribution in [2.45, 2.75) is 26.8 Å². The van der Waals surface area contributed by atoms with Crippen LogP contribution in [0.3, 0.4) is 0 Å². The summed E-state index contributed by atoms with van der Waals surface area (Å²) in [5, 5.41) is 12.8. The van der Waals surface area contributed by atoms with Crippen molar-refractivity contribution in [2.24, 2.45) is 0 Å². The first-order valence-electron chi connectivity index (χ1n) is 9.46. The number of carbonyl (C=O) groups is 2. The van der Waals surface area contributed by atoms with Gasteiger partial charge >= 0.3 is 0 Å². The van der Waals surface area contributed by atoms with Crippen LogP contribution >= 0.6 is 23.1 Å². The minimum Gasteiger partial charge on any atom is -0.324 e. The number of aromatic nitrogens is 1. The molecule has 3 aromatic rings. The first-order valence-corrected chi connectivity index (χ1v) is 11.4. The predicted molar refractivity (Wildman–Crippen MR) is 121 cm³/mol. The van der Waals surface area contributed by atoms with Gasteiger partial charge in [0, 0.05) is 22.5 Å². The van der Waals surface area contributed by atoms with E-state index in [0.717, 1.165) is 27.0 Å². The third-order valence-corrected chi connectivity index (χ3v) is 7.33. The first kappa shape index (κ1) is 20.4. The van der Waals surface area contributed by atoms with E-state index in [9.17, 15) is 9.59 Å². The van der Waals surface area contributed by atoms with E-state index < -0.39 is 6.04 Å². The Labute approximate surface area is 182 Å². The number of hydrogen-bond acceptors (Lipinski definition) is 6. The van der Waals surface area contributed by atoms with E-state index in [0.29, 0.717) is 27.8 Å². The van der Waals surface area contributed by atoms with Gasteiger partial charge in [0.1, 0.15) is 10.9 Å². The lowest BCUT2D eigenvalue weighted by Gasteiger charge is -2.23. The highest BCUT2D eigenvalue weighted by Gasteiger charge is 2.36. The molecule has 8 heteroatoms. The molecule has 0 aliphatic carbocycles. The minimum atomic E-state index is -0.543. The Balaban J connectivity index is 1.58. The summed E-state index contributed by atoms with van der Waals surface area (Å²) in [6.45, 7) is 5.93. The summed E-state index contributed by atoms with van der Waals surface area (Å²) in [6, 6.07) is 10.2. The van der Waals surface area contributed by atoms with E-state index in [1.165, 1.54) is 11.3 Å². The van der Waals surface area contributed by atoms with Crippen LogP contribution in [0.25, 0.3) is 10.2 Å². The molecule has 0 radical (unpaired) electrons. The molecule has 152 valence electrons. The normalized spacial score (nSPS) is 15.9. The quantitative estimate of drug-likeness (QED) is 0.663. The molecule has 1 aromatic carbocycles. The number of nitrogens with zero attached hydrogens (tertiary/aromatic N) is 3. The second-order valence-corrected chi connectivity index (χ2v) is 9.28. The van der Waals surface area contributed by atoms with Crippen LogP contribution in [0.2, 0.25) is 0 Å². The zero-order valence-corrected chi connectivity index (χ0v) is 18.5. The number of hydrogen-bond donors (Lipinski definition) is 1. The number of nitrogens with one attached hydrogen (secondary N) is 1. The summed E-state index contributed by atoms with van der Waals surface area (Å²) >= 11 is 2.96. The molecule has 1 N–H and O–H groups in total. The van der Waals surface area contributed by atoms with Gasteiger partial charge in [-0.3, -0.25) is 9.59 Å². The largest absolute Gasteiger partial charge is 0.324 e. The third kappa shape index (κ3) is 3.66. The highest BCUT2D eigenvalue weighted by atomic mass is 32.2. The van der Waals surface area contributed by atoms with Crippen molar-refractivity contribution in [3.63, 3.8) is 0 Å². The van der Waals surface area contributed by atoms with Gasteiger partial charge in [-0.15, -0.1) is 23.1 Å². The number of aryl methyl sites for hydroxylation is 3. The van der Waals surface area contributed by atoms with Crippen molar-refractivity contribution < 1.29 is 9.59 Å². The van der Waals surface area contributed by atoms with Crippen molar-refractivity contribution in [3.8, 4) is 6.07 Å². The van der Waals surface area contributed by atoms with Crippen LogP contribution in [-0.4, -0.2) is 39.4 Å². The average Bonchev–Trinajstić information content (AvgIpc) is 3.33. The SMILES string of the molecule is Cc1cc(C)c2c(C)c(C(=O)N3CSCC3C(=O)Nc3ccc(C#N)cc3)sc2n1. The summed E-state index contributed by atoms with van der Waals surface area (Å²) in [5.41, 5.74) is 4.10. The fourth-order valence-corrected chi connectivity index (χ4v) is 6.08. The number of nitriles is 1. The van der Waals surface area contributed by atoms with Crippen LogP contribution in [0.1, 0.15) is 32.1 Å². The fourth-order valence-electron chi connectivity index (χ4n) is 3.67. The average molecular weight is 437 g/mol. The molecule has 0 saturated carbocycles. The zero-order valence-electron chi connectivity index (χ0n) is 16.9. The first-order chi connectivity index (χ1) is 14.4. The van der Waals surface area contributed by atoms with E-state index in [1.54, 1.807) is 40.9 Å². The lowest BCUT2D eigenvalue weighted by molar-refractivity contribution is -0.119. The molecule has 2 amide bonds. The lowest BCUT2D eigenvalue weighted by Crippen LogP contribution is -2.44. The maximum atomic E-state index is 13.4. The fraction of sp³-hybridized carbons (Fsp3) is 0.273. The molecular weight excluding hydrogens is 416 g/mol. The zero-order chi connectivity index (χ0) is 21.4. The van der Waals surface area contributed by atoms with E-state index >= 15 is 0 Å². The number of pyridine rings is 1. The minimum absolute atomic E-state index is 0.127. The molecule has 0 bridgehead atoms. The third-order valence-electron chi connectivity index (χ3n) is 5.15. The molecule has 1 saturated heterocycles. The molecule has 4 rings (SSSR count). The Hall–Kier alpha value is -2.89. The summed E-state index contributed by atoms with van der Waals surface area (Å²) in [7, 11) is 0. The van der Waals surface area contributed by atoms with Crippen molar-refractivity contribution in [3.05, 3.63) is 57.6 Å². The Morgan fingerprint density at radius 3 is 2.67 bits per heavy atom. The van der Waals surface area contributed by atoms with E-state index in [2.05, 4.69) is 16.4 Å². The van der Waals surface area contributed by atoms with Crippen LogP contribution in [0.15, 0.2) is 30.3 Å². The van der Waals surface area contributed by atoms with Crippen LogP contribution in [0.4, 0.5) is 5.69 Å². The van der Waals surface area contributed by atoms with E-state index in [4.69, 9.17) is 5.26 Å².